The summed E-state index contributed by atoms with van der Waals surface area (Å²) in [6.45, 7) is 5.09. The maximum atomic E-state index is 11.5. The highest BCUT2D eigenvalue weighted by molar-refractivity contribution is 9.10. The van der Waals surface area contributed by atoms with Gasteiger partial charge >= 0.3 is 5.97 Å². The van der Waals surface area contributed by atoms with E-state index in [4.69, 9.17) is 4.74 Å². The van der Waals surface area contributed by atoms with Crippen LogP contribution in [0.4, 0.5) is 5.95 Å². The number of hydrogen-bond donors (Lipinski definition) is 0. The molecule has 0 N–H and O–H groups in total. The van der Waals surface area contributed by atoms with Crippen molar-refractivity contribution in [1.82, 2.24) is 14.9 Å². The largest absolute Gasteiger partial charge is 0.468 e. The number of esters is 1. The lowest BCUT2D eigenvalue weighted by Gasteiger charge is -2.36. The van der Waals surface area contributed by atoms with Crippen LogP contribution in [0.2, 0.25) is 0 Å². The number of rotatable bonds is 3. The summed E-state index contributed by atoms with van der Waals surface area (Å²) in [7, 11) is 1.42. The Bertz CT molecular complexity index is 432. The molecule has 0 spiro atoms. The summed E-state index contributed by atoms with van der Waals surface area (Å²) in [5.41, 5.74) is 0. The number of hydrogen-bond acceptors (Lipinski definition) is 6. The minimum atomic E-state index is -0.196. The van der Waals surface area contributed by atoms with Gasteiger partial charge in [0.2, 0.25) is 5.95 Å². The van der Waals surface area contributed by atoms with Crippen LogP contribution in [0.3, 0.4) is 0 Å². The van der Waals surface area contributed by atoms with Crippen LogP contribution < -0.4 is 4.90 Å². The Kier molecular flexibility index (Phi) is 4.71. The van der Waals surface area contributed by atoms with Gasteiger partial charge in [-0.1, -0.05) is 0 Å². The predicted molar refractivity (Wildman–Crippen MR) is 75.0 cm³/mol. The van der Waals surface area contributed by atoms with E-state index in [-0.39, 0.29) is 12.0 Å². The maximum absolute atomic E-state index is 11.5. The Balaban J connectivity index is 1.92. The van der Waals surface area contributed by atoms with Gasteiger partial charge in [-0.15, -0.1) is 0 Å². The Morgan fingerprint density at radius 3 is 2.42 bits per heavy atom. The molecule has 1 aliphatic rings. The number of nitrogens with zero attached hydrogens (tertiary/aromatic N) is 4. The molecule has 1 aromatic rings. The van der Waals surface area contributed by atoms with Crippen molar-refractivity contribution in [3.8, 4) is 0 Å². The first-order chi connectivity index (χ1) is 9.11. The fraction of sp³-hybridized carbons (Fsp3) is 0.583. The zero-order valence-corrected chi connectivity index (χ0v) is 12.6. The summed E-state index contributed by atoms with van der Waals surface area (Å²) in [6.07, 6.45) is 3.48. The average molecular weight is 329 g/mol. The van der Waals surface area contributed by atoms with Gasteiger partial charge in [-0.2, -0.15) is 0 Å². The molecule has 0 radical (unpaired) electrons. The van der Waals surface area contributed by atoms with Crippen molar-refractivity contribution in [2.45, 2.75) is 13.0 Å². The van der Waals surface area contributed by atoms with E-state index in [0.29, 0.717) is 0 Å². The van der Waals surface area contributed by atoms with E-state index in [1.54, 1.807) is 12.4 Å². The first kappa shape index (κ1) is 14.2. The highest BCUT2D eigenvalue weighted by Gasteiger charge is 2.26. The van der Waals surface area contributed by atoms with Crippen LogP contribution in [0.25, 0.3) is 0 Å². The van der Waals surface area contributed by atoms with Gasteiger partial charge in [0.1, 0.15) is 6.04 Å². The summed E-state index contributed by atoms with van der Waals surface area (Å²) in [4.78, 5) is 24.3. The Morgan fingerprint density at radius 2 is 1.89 bits per heavy atom. The minimum Gasteiger partial charge on any atom is -0.468 e. The quantitative estimate of drug-likeness (QED) is 0.769. The molecule has 0 aliphatic carbocycles. The number of carbonyl (C=O) groups excluding carboxylic acids is 1. The molecule has 0 aromatic carbocycles. The normalized spacial score (nSPS) is 18.2. The molecule has 0 amide bonds. The summed E-state index contributed by atoms with van der Waals surface area (Å²) < 4.78 is 5.64. The standard InChI is InChI=1S/C12H17BrN4O2/c1-9(11(18)19-2)16-3-5-17(6-4-16)12-14-7-10(13)8-15-12/h7-9H,3-6H2,1-2H3. The number of piperazine rings is 1. The summed E-state index contributed by atoms with van der Waals surface area (Å²) in [5.74, 6) is 0.543. The van der Waals surface area contributed by atoms with Crippen molar-refractivity contribution < 1.29 is 9.53 Å². The van der Waals surface area contributed by atoms with E-state index in [2.05, 4.69) is 35.7 Å². The lowest BCUT2D eigenvalue weighted by Crippen LogP contribution is -2.52. The Hall–Kier alpha value is -1.21. The van der Waals surface area contributed by atoms with E-state index >= 15 is 0 Å². The molecule has 6 nitrogen and oxygen atoms in total. The number of methoxy groups -OCH3 is 1. The lowest BCUT2D eigenvalue weighted by molar-refractivity contribution is -0.146. The summed E-state index contributed by atoms with van der Waals surface area (Å²) >= 11 is 3.32. The second-order valence-electron chi connectivity index (χ2n) is 4.42. The molecule has 104 valence electrons. The highest BCUT2D eigenvalue weighted by Crippen LogP contribution is 2.14. The number of anilines is 1. The van der Waals surface area contributed by atoms with Gasteiger partial charge < -0.3 is 9.64 Å². The highest BCUT2D eigenvalue weighted by atomic mass is 79.9. The fourth-order valence-corrected chi connectivity index (χ4v) is 2.30. The number of halogens is 1. The molecule has 1 aliphatic heterocycles. The SMILES string of the molecule is COC(=O)C(C)N1CCN(c2ncc(Br)cn2)CC1. The summed E-state index contributed by atoms with van der Waals surface area (Å²) in [6, 6.07) is -0.196. The molecule has 2 heterocycles. The zero-order valence-electron chi connectivity index (χ0n) is 11.0. The number of aromatic nitrogens is 2. The first-order valence-electron chi connectivity index (χ1n) is 6.16. The number of carbonyl (C=O) groups is 1. The Labute approximate surface area is 120 Å². The molecule has 1 atom stereocenters. The van der Waals surface area contributed by atoms with Crippen LogP contribution in [0.5, 0.6) is 0 Å². The van der Waals surface area contributed by atoms with Crippen molar-refractivity contribution in [2.75, 3.05) is 38.2 Å². The van der Waals surface area contributed by atoms with Crippen LogP contribution in [-0.4, -0.2) is 60.2 Å². The predicted octanol–water partition coefficient (Wildman–Crippen LogP) is 0.923. The van der Waals surface area contributed by atoms with Gasteiger partial charge in [-0.3, -0.25) is 9.69 Å². The zero-order chi connectivity index (χ0) is 13.8. The number of ether oxygens (including phenoxy) is 1. The molecule has 1 unspecified atom stereocenters. The molecule has 7 heteroatoms. The van der Waals surface area contributed by atoms with Gasteiger partial charge in [0, 0.05) is 38.6 Å². The second-order valence-corrected chi connectivity index (χ2v) is 5.34. The minimum absolute atomic E-state index is 0.187. The third kappa shape index (κ3) is 3.42. The van der Waals surface area contributed by atoms with Crippen LogP contribution in [0, 0.1) is 0 Å². The van der Waals surface area contributed by atoms with Crippen LogP contribution >= 0.6 is 15.9 Å². The van der Waals surface area contributed by atoms with E-state index < -0.39 is 0 Å². The fourth-order valence-electron chi connectivity index (χ4n) is 2.10. The third-order valence-electron chi connectivity index (χ3n) is 3.29. The molecule has 0 bridgehead atoms. The van der Waals surface area contributed by atoms with E-state index in [0.717, 1.165) is 36.6 Å². The maximum Gasteiger partial charge on any atom is 0.322 e. The molecule has 1 fully saturated rings. The molecule has 1 aromatic heterocycles. The monoisotopic (exact) mass is 328 g/mol. The van der Waals surface area contributed by atoms with Crippen molar-refractivity contribution >= 4 is 27.8 Å². The smallest absolute Gasteiger partial charge is 0.322 e. The summed E-state index contributed by atoms with van der Waals surface area (Å²) in [5, 5.41) is 0. The van der Waals surface area contributed by atoms with Crippen molar-refractivity contribution in [1.29, 1.82) is 0 Å². The van der Waals surface area contributed by atoms with E-state index in [9.17, 15) is 4.79 Å². The van der Waals surface area contributed by atoms with Crippen LogP contribution in [-0.2, 0) is 9.53 Å². The van der Waals surface area contributed by atoms with E-state index in [1.165, 1.54) is 7.11 Å². The van der Waals surface area contributed by atoms with E-state index in [1.807, 2.05) is 6.92 Å². The van der Waals surface area contributed by atoms with Crippen LogP contribution in [0.1, 0.15) is 6.92 Å². The van der Waals surface area contributed by atoms with Gasteiger partial charge in [0.15, 0.2) is 0 Å². The van der Waals surface area contributed by atoms with Crippen molar-refractivity contribution in [3.05, 3.63) is 16.9 Å². The lowest BCUT2D eigenvalue weighted by atomic mass is 10.2. The van der Waals surface area contributed by atoms with Crippen molar-refractivity contribution in [3.63, 3.8) is 0 Å². The molecule has 1 saturated heterocycles. The first-order valence-corrected chi connectivity index (χ1v) is 6.95. The van der Waals surface area contributed by atoms with Gasteiger partial charge in [0.25, 0.3) is 0 Å². The van der Waals surface area contributed by atoms with Gasteiger partial charge in [-0.25, -0.2) is 9.97 Å². The second kappa shape index (κ2) is 6.29. The topological polar surface area (TPSA) is 58.6 Å². The molecular weight excluding hydrogens is 312 g/mol. The molecular formula is C12H17BrN4O2. The van der Waals surface area contributed by atoms with Gasteiger partial charge in [0.05, 0.1) is 11.6 Å². The third-order valence-corrected chi connectivity index (χ3v) is 3.70. The molecule has 19 heavy (non-hydrogen) atoms. The average Bonchev–Trinajstić information content (AvgIpc) is 2.46. The van der Waals surface area contributed by atoms with Gasteiger partial charge in [-0.05, 0) is 22.9 Å². The molecule has 2 rings (SSSR count). The van der Waals surface area contributed by atoms with Crippen molar-refractivity contribution in [2.24, 2.45) is 0 Å². The molecule has 0 saturated carbocycles. The van der Waals surface area contributed by atoms with Crippen LogP contribution in [0.15, 0.2) is 16.9 Å². The Morgan fingerprint density at radius 1 is 1.32 bits per heavy atom.